The van der Waals surface area contributed by atoms with Crippen molar-refractivity contribution in [3.05, 3.63) is 23.5 Å². The van der Waals surface area contributed by atoms with Crippen LogP contribution in [0.3, 0.4) is 0 Å². The van der Waals surface area contributed by atoms with E-state index in [1.807, 2.05) is 0 Å². The van der Waals surface area contributed by atoms with Gasteiger partial charge in [-0.2, -0.15) is 0 Å². The Morgan fingerprint density at radius 3 is 2.43 bits per heavy atom. The van der Waals surface area contributed by atoms with Crippen LogP contribution in [0.25, 0.3) is 10.9 Å². The first-order valence-corrected chi connectivity index (χ1v) is 14.9. The Kier molecular flexibility index (Phi) is 9.16. The van der Waals surface area contributed by atoms with Gasteiger partial charge in [-0.15, -0.1) is 0 Å². The number of anilines is 1. The molecule has 2 aliphatic heterocycles. The molecule has 5 rings (SSSR count). The molecule has 2 aromatic rings. The maximum absolute atomic E-state index is 10.2. The van der Waals surface area contributed by atoms with Gasteiger partial charge in [0.25, 0.3) is 0 Å². The molecule has 1 aromatic carbocycles. The lowest BCUT2D eigenvalue weighted by Crippen LogP contribution is -2.42. The second-order valence-corrected chi connectivity index (χ2v) is 11.7. The highest BCUT2D eigenvalue weighted by molar-refractivity contribution is 5.91. The Hall–Kier alpha value is -1.96. The fourth-order valence-corrected chi connectivity index (χ4v) is 6.36. The van der Waals surface area contributed by atoms with Gasteiger partial charge < -0.3 is 25.0 Å². The van der Waals surface area contributed by atoms with E-state index in [-0.39, 0.29) is 6.61 Å². The standard InChI is InChI=1S/C30H47N5O2/c1-22(2)35-16-11-25(12-17-35)31-30-26-19-24(21-36)28(37-18-8-15-34-13-6-7-14-34)20-27(26)32-29(33-30)23-9-4-3-5-10-23/h19-20,22-23,25,36H,3-18,21H2,1-2H3,(H,31,32,33). The van der Waals surface area contributed by atoms with Crippen LogP contribution in [0.4, 0.5) is 5.82 Å². The molecular weight excluding hydrogens is 462 g/mol. The van der Waals surface area contributed by atoms with Crippen molar-refractivity contribution in [3.63, 3.8) is 0 Å². The Morgan fingerprint density at radius 1 is 0.973 bits per heavy atom. The summed E-state index contributed by atoms with van der Waals surface area (Å²) in [6, 6.07) is 5.12. The van der Waals surface area contributed by atoms with Crippen molar-refractivity contribution in [1.82, 2.24) is 19.8 Å². The quantitative estimate of drug-likeness (QED) is 0.420. The van der Waals surface area contributed by atoms with Crippen molar-refractivity contribution in [1.29, 1.82) is 0 Å². The number of ether oxygens (including phenoxy) is 1. The highest BCUT2D eigenvalue weighted by Gasteiger charge is 2.25. The molecule has 7 heteroatoms. The summed E-state index contributed by atoms with van der Waals surface area (Å²) in [5, 5.41) is 15.0. The second kappa shape index (κ2) is 12.7. The first-order chi connectivity index (χ1) is 18.1. The molecule has 0 radical (unpaired) electrons. The van der Waals surface area contributed by atoms with Gasteiger partial charge in [-0.3, -0.25) is 0 Å². The average molecular weight is 510 g/mol. The molecule has 3 heterocycles. The van der Waals surface area contributed by atoms with E-state index in [4.69, 9.17) is 14.7 Å². The summed E-state index contributed by atoms with van der Waals surface area (Å²) >= 11 is 0. The van der Waals surface area contributed by atoms with Crippen LogP contribution in [0.15, 0.2) is 12.1 Å². The summed E-state index contributed by atoms with van der Waals surface area (Å²) in [7, 11) is 0. The molecule has 37 heavy (non-hydrogen) atoms. The number of aromatic nitrogens is 2. The van der Waals surface area contributed by atoms with E-state index in [0.29, 0.717) is 24.6 Å². The van der Waals surface area contributed by atoms with Crippen molar-refractivity contribution in [3.8, 4) is 5.75 Å². The van der Waals surface area contributed by atoms with E-state index in [0.717, 1.165) is 72.8 Å². The summed E-state index contributed by atoms with van der Waals surface area (Å²) in [6.45, 7) is 10.9. The van der Waals surface area contributed by atoms with E-state index in [2.05, 4.69) is 41.1 Å². The molecule has 0 amide bonds. The number of aliphatic hydroxyl groups excluding tert-OH is 1. The van der Waals surface area contributed by atoms with E-state index in [1.165, 1.54) is 58.0 Å². The number of benzene rings is 1. The molecule has 0 bridgehead atoms. The van der Waals surface area contributed by atoms with Gasteiger partial charge in [0.15, 0.2) is 0 Å². The van der Waals surface area contributed by atoms with Crippen LogP contribution < -0.4 is 10.1 Å². The minimum atomic E-state index is -0.0476. The van der Waals surface area contributed by atoms with E-state index in [9.17, 15) is 5.11 Å². The molecule has 1 aromatic heterocycles. The van der Waals surface area contributed by atoms with E-state index in [1.54, 1.807) is 0 Å². The smallest absolute Gasteiger partial charge is 0.137 e. The van der Waals surface area contributed by atoms with Crippen LogP contribution >= 0.6 is 0 Å². The minimum absolute atomic E-state index is 0.0476. The molecule has 7 nitrogen and oxygen atoms in total. The zero-order valence-corrected chi connectivity index (χ0v) is 23.1. The lowest BCUT2D eigenvalue weighted by molar-refractivity contribution is 0.177. The van der Waals surface area contributed by atoms with Gasteiger partial charge in [-0.05, 0) is 77.9 Å². The molecule has 2 saturated heterocycles. The Balaban J connectivity index is 1.37. The second-order valence-electron chi connectivity index (χ2n) is 11.7. The SMILES string of the molecule is CC(C)N1CCC(Nc2nc(C3CCCCC3)nc3cc(OCCCN4CCCC4)c(CO)cc23)CC1. The number of rotatable bonds is 10. The first-order valence-electron chi connectivity index (χ1n) is 14.9. The normalized spacial score (nSPS) is 20.8. The zero-order chi connectivity index (χ0) is 25.6. The molecule has 0 atom stereocenters. The molecule has 0 spiro atoms. The summed E-state index contributed by atoms with van der Waals surface area (Å²) in [5.41, 5.74) is 1.75. The maximum Gasteiger partial charge on any atom is 0.137 e. The third-order valence-electron chi connectivity index (χ3n) is 8.71. The lowest BCUT2D eigenvalue weighted by Gasteiger charge is -2.35. The van der Waals surface area contributed by atoms with Gasteiger partial charge in [-0.1, -0.05) is 19.3 Å². The average Bonchev–Trinajstić information content (AvgIpc) is 3.45. The van der Waals surface area contributed by atoms with Crippen molar-refractivity contribution in [2.45, 2.75) is 103 Å². The number of fused-ring (bicyclic) bond motifs is 1. The number of hydrogen-bond donors (Lipinski definition) is 2. The van der Waals surface area contributed by atoms with E-state index < -0.39 is 0 Å². The molecule has 2 N–H and O–H groups in total. The molecular formula is C30H47N5O2. The van der Waals surface area contributed by atoms with Crippen molar-refractivity contribution < 1.29 is 9.84 Å². The molecule has 3 fully saturated rings. The zero-order valence-electron chi connectivity index (χ0n) is 23.1. The molecule has 3 aliphatic rings. The van der Waals surface area contributed by atoms with E-state index >= 15 is 0 Å². The fourth-order valence-electron chi connectivity index (χ4n) is 6.36. The lowest BCUT2D eigenvalue weighted by atomic mass is 9.88. The summed E-state index contributed by atoms with van der Waals surface area (Å²) in [4.78, 5) is 15.3. The Morgan fingerprint density at radius 2 is 1.73 bits per heavy atom. The monoisotopic (exact) mass is 509 g/mol. The fraction of sp³-hybridized carbons (Fsp3) is 0.733. The molecule has 1 aliphatic carbocycles. The predicted molar refractivity (Wildman–Crippen MR) is 150 cm³/mol. The largest absolute Gasteiger partial charge is 0.493 e. The van der Waals surface area contributed by atoms with Gasteiger partial charge in [0.05, 0.1) is 18.7 Å². The van der Waals surface area contributed by atoms with Crippen LogP contribution in [0, 0.1) is 0 Å². The molecule has 204 valence electrons. The third-order valence-corrected chi connectivity index (χ3v) is 8.71. The van der Waals surface area contributed by atoms with Crippen LogP contribution in [-0.2, 0) is 6.61 Å². The number of hydrogen-bond acceptors (Lipinski definition) is 7. The highest BCUT2D eigenvalue weighted by Crippen LogP contribution is 2.35. The van der Waals surface area contributed by atoms with Gasteiger partial charge in [-0.25, -0.2) is 9.97 Å². The summed E-state index contributed by atoms with van der Waals surface area (Å²) < 4.78 is 6.23. The minimum Gasteiger partial charge on any atom is -0.493 e. The number of aliphatic hydroxyl groups is 1. The number of piperidine rings is 1. The number of nitrogens with one attached hydrogen (secondary N) is 1. The maximum atomic E-state index is 10.2. The van der Waals surface area contributed by atoms with Gasteiger partial charge in [0, 0.05) is 54.7 Å². The van der Waals surface area contributed by atoms with Gasteiger partial charge in [0.1, 0.15) is 17.4 Å². The van der Waals surface area contributed by atoms with Gasteiger partial charge >= 0.3 is 0 Å². The van der Waals surface area contributed by atoms with Gasteiger partial charge in [0.2, 0.25) is 0 Å². The predicted octanol–water partition coefficient (Wildman–Crippen LogP) is 5.32. The van der Waals surface area contributed by atoms with Crippen LogP contribution in [0.2, 0.25) is 0 Å². The topological polar surface area (TPSA) is 73.8 Å². The van der Waals surface area contributed by atoms with Crippen molar-refractivity contribution in [2.75, 3.05) is 44.6 Å². The Bertz CT molecular complexity index is 1010. The van der Waals surface area contributed by atoms with Crippen LogP contribution in [0.5, 0.6) is 5.75 Å². The number of nitrogens with zero attached hydrogens (tertiary/aromatic N) is 4. The summed E-state index contributed by atoms with van der Waals surface area (Å²) in [6.07, 6.45) is 12.1. The highest BCUT2D eigenvalue weighted by atomic mass is 16.5. The van der Waals surface area contributed by atoms with Crippen LogP contribution in [-0.4, -0.2) is 76.3 Å². The Labute approximate surface area is 223 Å². The number of likely N-dealkylation sites (tertiary alicyclic amines) is 2. The van der Waals surface area contributed by atoms with Crippen molar-refractivity contribution >= 4 is 16.7 Å². The molecule has 1 saturated carbocycles. The summed E-state index contributed by atoms with van der Waals surface area (Å²) in [5.74, 6) is 3.11. The van der Waals surface area contributed by atoms with Crippen molar-refractivity contribution in [2.24, 2.45) is 0 Å². The molecule has 0 unspecified atom stereocenters. The first kappa shape index (κ1) is 26.6. The third kappa shape index (κ3) is 6.73. The van der Waals surface area contributed by atoms with Crippen LogP contribution in [0.1, 0.15) is 95.4 Å².